The molecule has 20 heavy (non-hydrogen) atoms. The maximum Gasteiger partial charge on any atom is 0.407 e. The highest BCUT2D eigenvalue weighted by Gasteiger charge is 2.23. The minimum atomic E-state index is -0.362. The highest BCUT2D eigenvalue weighted by atomic mass is 16.6. The van der Waals surface area contributed by atoms with E-state index in [2.05, 4.69) is 5.32 Å². The second kappa shape index (κ2) is 5.65. The Balaban J connectivity index is 1.60. The van der Waals surface area contributed by atoms with Gasteiger partial charge in [-0.25, -0.2) is 4.79 Å². The molecule has 1 fully saturated rings. The summed E-state index contributed by atoms with van der Waals surface area (Å²) in [4.78, 5) is 11.0. The zero-order chi connectivity index (χ0) is 13.8. The molecule has 0 bridgehead atoms. The van der Waals surface area contributed by atoms with E-state index in [1.807, 2.05) is 54.6 Å². The van der Waals surface area contributed by atoms with Gasteiger partial charge in [0.2, 0.25) is 0 Å². The summed E-state index contributed by atoms with van der Waals surface area (Å²) in [5.74, 6) is 0.808. The molecule has 3 rings (SSSR count). The number of amides is 1. The molecule has 0 radical (unpaired) electrons. The zero-order valence-corrected chi connectivity index (χ0v) is 10.9. The van der Waals surface area contributed by atoms with E-state index < -0.39 is 0 Å². The molecule has 1 N–H and O–H groups in total. The number of alkyl carbamates (subject to hydrolysis) is 1. The van der Waals surface area contributed by atoms with Gasteiger partial charge in [-0.05, 0) is 23.3 Å². The number of cyclic esters (lactones) is 1. The SMILES string of the molecule is O=C1N[C@@H](c2ccc(OCc3ccccc3)cc2)CO1. The van der Waals surface area contributed by atoms with Crippen molar-refractivity contribution in [3.63, 3.8) is 0 Å². The Morgan fingerprint density at radius 2 is 1.85 bits per heavy atom. The van der Waals surface area contributed by atoms with Crippen LogP contribution in [0, 0.1) is 0 Å². The lowest BCUT2D eigenvalue weighted by atomic mass is 10.1. The van der Waals surface area contributed by atoms with Crippen molar-refractivity contribution in [3.8, 4) is 5.75 Å². The van der Waals surface area contributed by atoms with Crippen molar-refractivity contribution < 1.29 is 14.3 Å². The molecular formula is C16H15NO3. The fraction of sp³-hybridized carbons (Fsp3) is 0.188. The molecule has 4 heteroatoms. The summed E-state index contributed by atoms with van der Waals surface area (Å²) in [5.41, 5.74) is 2.15. The van der Waals surface area contributed by atoms with Gasteiger partial charge in [0.05, 0.1) is 6.04 Å². The van der Waals surface area contributed by atoms with Crippen molar-refractivity contribution in [2.24, 2.45) is 0 Å². The Hall–Kier alpha value is -2.49. The molecule has 4 nitrogen and oxygen atoms in total. The number of nitrogens with one attached hydrogen (secondary N) is 1. The number of ether oxygens (including phenoxy) is 2. The van der Waals surface area contributed by atoms with Crippen molar-refractivity contribution in [2.75, 3.05) is 6.61 Å². The molecule has 0 spiro atoms. The first kappa shape index (κ1) is 12.5. The van der Waals surface area contributed by atoms with Crippen LogP contribution in [0.2, 0.25) is 0 Å². The van der Waals surface area contributed by atoms with Gasteiger partial charge in [0.1, 0.15) is 19.0 Å². The predicted octanol–water partition coefficient (Wildman–Crippen LogP) is 3.05. The van der Waals surface area contributed by atoms with E-state index in [1.54, 1.807) is 0 Å². The average Bonchev–Trinajstić information content (AvgIpc) is 2.93. The van der Waals surface area contributed by atoms with E-state index in [9.17, 15) is 4.79 Å². The Morgan fingerprint density at radius 1 is 1.10 bits per heavy atom. The molecule has 0 saturated carbocycles. The first-order chi connectivity index (χ1) is 9.81. The van der Waals surface area contributed by atoms with Crippen molar-refractivity contribution in [1.29, 1.82) is 0 Å². The second-order valence-electron chi connectivity index (χ2n) is 4.64. The van der Waals surface area contributed by atoms with Crippen LogP contribution in [-0.2, 0) is 11.3 Å². The molecule has 1 heterocycles. The van der Waals surface area contributed by atoms with Crippen LogP contribution in [0.4, 0.5) is 4.79 Å². The van der Waals surface area contributed by atoms with E-state index >= 15 is 0 Å². The largest absolute Gasteiger partial charge is 0.489 e. The van der Waals surface area contributed by atoms with Gasteiger partial charge in [-0.1, -0.05) is 42.5 Å². The normalized spacial score (nSPS) is 17.4. The van der Waals surface area contributed by atoms with E-state index in [1.165, 1.54) is 0 Å². The van der Waals surface area contributed by atoms with Crippen molar-refractivity contribution >= 4 is 6.09 Å². The van der Waals surface area contributed by atoms with Crippen LogP contribution in [-0.4, -0.2) is 12.7 Å². The van der Waals surface area contributed by atoms with Crippen LogP contribution in [0.5, 0.6) is 5.75 Å². The lowest BCUT2D eigenvalue weighted by Gasteiger charge is -2.10. The minimum Gasteiger partial charge on any atom is -0.489 e. The molecule has 2 aromatic rings. The smallest absolute Gasteiger partial charge is 0.407 e. The summed E-state index contributed by atoms with van der Waals surface area (Å²) in [7, 11) is 0. The Kier molecular flexibility index (Phi) is 3.54. The Bertz CT molecular complexity index is 580. The van der Waals surface area contributed by atoms with Crippen LogP contribution in [0.25, 0.3) is 0 Å². The quantitative estimate of drug-likeness (QED) is 0.928. The summed E-state index contributed by atoms with van der Waals surface area (Å²) in [6.45, 7) is 0.923. The molecule has 2 aromatic carbocycles. The third kappa shape index (κ3) is 2.91. The van der Waals surface area contributed by atoms with Crippen LogP contribution in [0.15, 0.2) is 54.6 Å². The maximum atomic E-state index is 11.0. The van der Waals surface area contributed by atoms with E-state index in [0.717, 1.165) is 16.9 Å². The second-order valence-corrected chi connectivity index (χ2v) is 4.64. The van der Waals surface area contributed by atoms with Gasteiger partial charge in [-0.3, -0.25) is 0 Å². The van der Waals surface area contributed by atoms with E-state index in [4.69, 9.17) is 9.47 Å². The summed E-state index contributed by atoms with van der Waals surface area (Å²) in [5, 5.41) is 2.75. The summed E-state index contributed by atoms with van der Waals surface area (Å²) < 4.78 is 10.6. The van der Waals surface area contributed by atoms with Crippen LogP contribution >= 0.6 is 0 Å². The predicted molar refractivity (Wildman–Crippen MR) is 74.4 cm³/mol. The molecular weight excluding hydrogens is 254 g/mol. The lowest BCUT2D eigenvalue weighted by Crippen LogP contribution is -2.18. The summed E-state index contributed by atoms with van der Waals surface area (Å²) in [6.07, 6.45) is -0.362. The van der Waals surface area contributed by atoms with Gasteiger partial charge in [-0.2, -0.15) is 0 Å². The number of benzene rings is 2. The number of carbonyl (C=O) groups is 1. The summed E-state index contributed by atoms with van der Waals surface area (Å²) in [6, 6.07) is 17.7. The molecule has 1 aliphatic heterocycles. The van der Waals surface area contributed by atoms with Gasteiger partial charge in [-0.15, -0.1) is 0 Å². The number of hydrogen-bond acceptors (Lipinski definition) is 3. The number of rotatable bonds is 4. The third-order valence-electron chi connectivity index (χ3n) is 3.20. The molecule has 1 aliphatic rings. The highest BCUT2D eigenvalue weighted by molar-refractivity contribution is 5.70. The minimum absolute atomic E-state index is 0.0642. The van der Waals surface area contributed by atoms with Gasteiger partial charge >= 0.3 is 6.09 Å². The first-order valence-corrected chi connectivity index (χ1v) is 6.51. The highest BCUT2D eigenvalue weighted by Crippen LogP contribution is 2.21. The molecule has 1 amide bonds. The van der Waals surface area contributed by atoms with Gasteiger partial charge in [0.25, 0.3) is 0 Å². The zero-order valence-electron chi connectivity index (χ0n) is 10.9. The fourth-order valence-electron chi connectivity index (χ4n) is 2.10. The molecule has 0 unspecified atom stereocenters. The van der Waals surface area contributed by atoms with E-state index in [-0.39, 0.29) is 12.1 Å². The number of hydrogen-bond donors (Lipinski definition) is 1. The first-order valence-electron chi connectivity index (χ1n) is 6.51. The Labute approximate surface area is 117 Å². The van der Waals surface area contributed by atoms with Crippen LogP contribution < -0.4 is 10.1 Å². The molecule has 102 valence electrons. The molecule has 1 saturated heterocycles. The van der Waals surface area contributed by atoms with Crippen LogP contribution in [0.1, 0.15) is 17.2 Å². The standard InChI is InChI=1S/C16H15NO3/c18-16-17-15(11-20-16)13-6-8-14(9-7-13)19-10-12-4-2-1-3-5-12/h1-9,15H,10-11H2,(H,17,18)/t15-/m1/s1. The average molecular weight is 269 g/mol. The van der Waals surface area contributed by atoms with Crippen molar-refractivity contribution in [3.05, 3.63) is 65.7 Å². The van der Waals surface area contributed by atoms with Crippen molar-refractivity contribution in [1.82, 2.24) is 5.32 Å². The Morgan fingerprint density at radius 3 is 2.50 bits per heavy atom. The topological polar surface area (TPSA) is 47.6 Å². The van der Waals surface area contributed by atoms with Gasteiger partial charge < -0.3 is 14.8 Å². The van der Waals surface area contributed by atoms with E-state index in [0.29, 0.717) is 13.2 Å². The third-order valence-corrected chi connectivity index (χ3v) is 3.20. The molecule has 0 aliphatic carbocycles. The monoisotopic (exact) mass is 269 g/mol. The maximum absolute atomic E-state index is 11.0. The van der Waals surface area contributed by atoms with Crippen molar-refractivity contribution in [2.45, 2.75) is 12.6 Å². The molecule has 0 aromatic heterocycles. The van der Waals surface area contributed by atoms with Gasteiger partial charge in [0, 0.05) is 0 Å². The molecule has 1 atom stereocenters. The van der Waals surface area contributed by atoms with Gasteiger partial charge in [0.15, 0.2) is 0 Å². The fourth-order valence-corrected chi connectivity index (χ4v) is 2.10. The number of carbonyl (C=O) groups excluding carboxylic acids is 1. The van der Waals surface area contributed by atoms with Crippen LogP contribution in [0.3, 0.4) is 0 Å². The lowest BCUT2D eigenvalue weighted by molar-refractivity contribution is 0.177. The summed E-state index contributed by atoms with van der Waals surface area (Å²) >= 11 is 0.